The number of hydrogen-bond acceptors (Lipinski definition) is 3. The van der Waals surface area contributed by atoms with Crippen molar-refractivity contribution in [1.82, 2.24) is 4.90 Å². The molecule has 20 heavy (non-hydrogen) atoms. The molecule has 0 aliphatic rings. The molecule has 110 valence electrons. The normalized spacial score (nSPS) is 11.8. The molecule has 0 aromatic heterocycles. The van der Waals surface area contributed by atoms with Crippen molar-refractivity contribution in [3.63, 3.8) is 0 Å². The number of anilines is 1. The first kappa shape index (κ1) is 16.2. The summed E-state index contributed by atoms with van der Waals surface area (Å²) in [5, 5.41) is 9.28. The number of benzene rings is 1. The van der Waals surface area contributed by atoms with Gasteiger partial charge in [0.05, 0.1) is 17.4 Å². The first-order valence-corrected chi connectivity index (χ1v) is 6.61. The standard InChI is InChI=1S/C15H22N2O3/c1-11(18)9-10-16(3)15(20)13-7-5-6-8-14(13)17(4)12(2)19/h5-8,11,18H,9-10H2,1-4H3. The summed E-state index contributed by atoms with van der Waals surface area (Å²) in [5.74, 6) is -0.286. The van der Waals surface area contributed by atoms with Crippen LogP contribution in [0.15, 0.2) is 24.3 Å². The number of hydrogen-bond donors (Lipinski definition) is 1. The fraction of sp³-hybridized carbons (Fsp3) is 0.467. The smallest absolute Gasteiger partial charge is 0.255 e. The molecule has 1 unspecified atom stereocenters. The van der Waals surface area contributed by atoms with Gasteiger partial charge in [0.1, 0.15) is 0 Å². The first-order chi connectivity index (χ1) is 9.34. The Hall–Kier alpha value is -1.88. The lowest BCUT2D eigenvalue weighted by Crippen LogP contribution is -2.32. The zero-order valence-corrected chi connectivity index (χ0v) is 12.5. The molecule has 0 saturated carbocycles. The fourth-order valence-corrected chi connectivity index (χ4v) is 1.80. The predicted octanol–water partition coefficient (Wildman–Crippen LogP) is 1.51. The highest BCUT2D eigenvalue weighted by molar-refractivity contribution is 6.04. The van der Waals surface area contributed by atoms with E-state index in [1.165, 1.54) is 11.8 Å². The summed E-state index contributed by atoms with van der Waals surface area (Å²) in [6, 6.07) is 7.02. The Balaban J connectivity index is 2.95. The molecule has 0 aliphatic heterocycles. The summed E-state index contributed by atoms with van der Waals surface area (Å²) >= 11 is 0. The van der Waals surface area contributed by atoms with Gasteiger partial charge in [-0.05, 0) is 25.5 Å². The number of carbonyl (C=O) groups is 2. The lowest BCUT2D eigenvalue weighted by atomic mass is 10.1. The second kappa shape index (κ2) is 7.05. The maximum Gasteiger partial charge on any atom is 0.255 e. The highest BCUT2D eigenvalue weighted by atomic mass is 16.3. The summed E-state index contributed by atoms with van der Waals surface area (Å²) in [6.45, 7) is 3.61. The summed E-state index contributed by atoms with van der Waals surface area (Å²) in [5.41, 5.74) is 1.08. The topological polar surface area (TPSA) is 60.9 Å². The van der Waals surface area contributed by atoms with Crippen LogP contribution >= 0.6 is 0 Å². The molecule has 1 atom stereocenters. The van der Waals surface area contributed by atoms with Crippen molar-refractivity contribution in [3.05, 3.63) is 29.8 Å². The third-order valence-corrected chi connectivity index (χ3v) is 3.20. The van der Waals surface area contributed by atoms with Crippen molar-refractivity contribution in [2.75, 3.05) is 25.5 Å². The monoisotopic (exact) mass is 278 g/mol. The summed E-state index contributed by atoms with van der Waals surface area (Å²) in [4.78, 5) is 26.9. The van der Waals surface area contributed by atoms with Crippen molar-refractivity contribution in [2.24, 2.45) is 0 Å². The molecule has 1 N–H and O–H groups in total. The maximum atomic E-state index is 12.4. The number of aliphatic hydroxyl groups excluding tert-OH is 1. The van der Waals surface area contributed by atoms with Gasteiger partial charge >= 0.3 is 0 Å². The van der Waals surface area contributed by atoms with Crippen LogP contribution in [0.5, 0.6) is 0 Å². The lowest BCUT2D eigenvalue weighted by Gasteiger charge is -2.23. The number of amides is 2. The van der Waals surface area contributed by atoms with Gasteiger partial charge in [-0.1, -0.05) is 12.1 Å². The second-order valence-corrected chi connectivity index (χ2v) is 4.96. The zero-order valence-electron chi connectivity index (χ0n) is 12.5. The molecule has 0 saturated heterocycles. The van der Waals surface area contributed by atoms with Crippen LogP contribution in [-0.2, 0) is 4.79 Å². The van der Waals surface area contributed by atoms with E-state index < -0.39 is 6.10 Å². The molecule has 0 heterocycles. The summed E-state index contributed by atoms with van der Waals surface area (Å²) in [6.07, 6.45) is 0.0767. The van der Waals surface area contributed by atoms with Crippen molar-refractivity contribution in [2.45, 2.75) is 26.4 Å². The average Bonchev–Trinajstić information content (AvgIpc) is 2.42. The summed E-state index contributed by atoms with van der Waals surface area (Å²) in [7, 11) is 3.33. The van der Waals surface area contributed by atoms with Gasteiger partial charge in [-0.2, -0.15) is 0 Å². The Morgan fingerprint density at radius 2 is 1.85 bits per heavy atom. The van der Waals surface area contributed by atoms with Crippen molar-refractivity contribution < 1.29 is 14.7 Å². The first-order valence-electron chi connectivity index (χ1n) is 6.61. The van der Waals surface area contributed by atoms with Crippen molar-refractivity contribution in [3.8, 4) is 0 Å². The van der Waals surface area contributed by atoms with Gasteiger partial charge in [0.25, 0.3) is 5.91 Å². The Labute approximate surface area is 119 Å². The maximum absolute atomic E-state index is 12.4. The SMILES string of the molecule is CC(=O)N(C)c1ccccc1C(=O)N(C)CCC(C)O. The lowest BCUT2D eigenvalue weighted by molar-refractivity contribution is -0.116. The minimum Gasteiger partial charge on any atom is -0.393 e. The molecule has 0 fully saturated rings. The van der Waals surface area contributed by atoms with Crippen LogP contribution in [0.25, 0.3) is 0 Å². The third kappa shape index (κ3) is 4.06. The molecule has 5 nitrogen and oxygen atoms in total. The molecule has 1 aromatic carbocycles. The Morgan fingerprint density at radius 1 is 1.25 bits per heavy atom. The largest absolute Gasteiger partial charge is 0.393 e. The molecule has 2 amide bonds. The van der Waals surface area contributed by atoms with E-state index in [0.717, 1.165) is 0 Å². The molecular formula is C15H22N2O3. The van der Waals surface area contributed by atoms with Crippen LogP contribution in [0.3, 0.4) is 0 Å². The van der Waals surface area contributed by atoms with E-state index in [1.54, 1.807) is 50.2 Å². The molecule has 0 bridgehead atoms. The number of aliphatic hydroxyl groups is 1. The van der Waals surface area contributed by atoms with Crippen LogP contribution in [0, 0.1) is 0 Å². The Kier molecular flexibility index (Phi) is 5.70. The van der Waals surface area contributed by atoms with E-state index in [1.807, 2.05) is 0 Å². The molecule has 0 aliphatic carbocycles. The van der Waals surface area contributed by atoms with Crippen LogP contribution in [0.2, 0.25) is 0 Å². The summed E-state index contributed by atoms with van der Waals surface area (Å²) < 4.78 is 0. The zero-order chi connectivity index (χ0) is 15.3. The van der Waals surface area contributed by atoms with E-state index in [9.17, 15) is 14.7 Å². The van der Waals surface area contributed by atoms with Crippen molar-refractivity contribution in [1.29, 1.82) is 0 Å². The molecule has 1 aromatic rings. The van der Waals surface area contributed by atoms with E-state index in [0.29, 0.717) is 24.2 Å². The number of carbonyl (C=O) groups excluding carboxylic acids is 2. The van der Waals surface area contributed by atoms with Crippen LogP contribution in [0.4, 0.5) is 5.69 Å². The van der Waals surface area contributed by atoms with Gasteiger partial charge in [0.15, 0.2) is 0 Å². The van der Waals surface area contributed by atoms with Gasteiger partial charge in [-0.25, -0.2) is 0 Å². The quantitative estimate of drug-likeness (QED) is 0.888. The van der Waals surface area contributed by atoms with E-state index >= 15 is 0 Å². The Bertz CT molecular complexity index is 486. The van der Waals surface area contributed by atoms with Crippen LogP contribution < -0.4 is 4.90 Å². The third-order valence-electron chi connectivity index (χ3n) is 3.20. The van der Waals surface area contributed by atoms with E-state index in [4.69, 9.17) is 0 Å². The van der Waals surface area contributed by atoms with Gasteiger partial charge in [-0.3, -0.25) is 9.59 Å². The predicted molar refractivity (Wildman–Crippen MR) is 78.8 cm³/mol. The van der Waals surface area contributed by atoms with E-state index in [-0.39, 0.29) is 11.8 Å². The number of nitrogens with zero attached hydrogens (tertiary/aromatic N) is 2. The molecule has 0 radical (unpaired) electrons. The van der Waals surface area contributed by atoms with Gasteiger partial charge < -0.3 is 14.9 Å². The van der Waals surface area contributed by atoms with Gasteiger partial charge in [-0.15, -0.1) is 0 Å². The highest BCUT2D eigenvalue weighted by Gasteiger charge is 2.19. The highest BCUT2D eigenvalue weighted by Crippen LogP contribution is 2.20. The van der Waals surface area contributed by atoms with Crippen molar-refractivity contribution >= 4 is 17.5 Å². The minimum atomic E-state index is -0.444. The van der Waals surface area contributed by atoms with Gasteiger partial charge in [0, 0.05) is 27.6 Å². The molecule has 1 rings (SSSR count). The fourth-order valence-electron chi connectivity index (χ4n) is 1.80. The average molecular weight is 278 g/mol. The van der Waals surface area contributed by atoms with Crippen LogP contribution in [0.1, 0.15) is 30.6 Å². The minimum absolute atomic E-state index is 0.128. The Morgan fingerprint density at radius 3 is 2.40 bits per heavy atom. The van der Waals surface area contributed by atoms with Crippen LogP contribution in [-0.4, -0.2) is 48.6 Å². The second-order valence-electron chi connectivity index (χ2n) is 4.96. The number of rotatable bonds is 5. The van der Waals surface area contributed by atoms with Gasteiger partial charge in [0.2, 0.25) is 5.91 Å². The molecule has 0 spiro atoms. The number of para-hydroxylation sites is 1. The molecular weight excluding hydrogens is 256 g/mol. The molecule has 5 heteroatoms. The van der Waals surface area contributed by atoms with E-state index in [2.05, 4.69) is 0 Å².